The van der Waals surface area contributed by atoms with Gasteiger partial charge in [0, 0.05) is 18.7 Å². The van der Waals surface area contributed by atoms with Crippen LogP contribution < -0.4 is 5.32 Å². The van der Waals surface area contributed by atoms with Gasteiger partial charge in [-0.2, -0.15) is 0 Å². The first-order valence-corrected chi connectivity index (χ1v) is 5.37. The molecule has 0 spiro atoms. The molecular formula is C12H21NO2. The summed E-state index contributed by atoms with van der Waals surface area (Å²) in [5, 5.41) is 12.9. The Morgan fingerprint density at radius 3 is 2.73 bits per heavy atom. The van der Waals surface area contributed by atoms with Gasteiger partial charge in [0.05, 0.1) is 18.6 Å². The van der Waals surface area contributed by atoms with Crippen molar-refractivity contribution in [1.82, 2.24) is 5.32 Å². The van der Waals surface area contributed by atoms with E-state index in [-0.39, 0.29) is 11.5 Å². The van der Waals surface area contributed by atoms with Crippen LogP contribution in [0.3, 0.4) is 0 Å². The molecule has 1 unspecified atom stereocenters. The van der Waals surface area contributed by atoms with Gasteiger partial charge in [-0.25, -0.2) is 0 Å². The molecule has 3 heteroatoms. The maximum atomic E-state index is 9.73. The lowest BCUT2D eigenvalue weighted by atomic mass is 9.89. The minimum Gasteiger partial charge on any atom is -0.472 e. The van der Waals surface area contributed by atoms with Crippen molar-refractivity contribution in [2.45, 2.75) is 39.8 Å². The minimum atomic E-state index is -0.281. The Labute approximate surface area is 91.5 Å². The molecule has 0 radical (unpaired) electrons. The Bertz CT molecular complexity index is 262. The molecule has 0 aliphatic carbocycles. The number of aliphatic hydroxyl groups is 1. The Balaban J connectivity index is 2.15. The van der Waals surface area contributed by atoms with E-state index in [9.17, 15) is 5.11 Å². The molecule has 2 N–H and O–H groups in total. The van der Waals surface area contributed by atoms with Gasteiger partial charge < -0.3 is 14.8 Å². The van der Waals surface area contributed by atoms with Crippen LogP contribution in [0.25, 0.3) is 0 Å². The third-order valence-corrected chi connectivity index (χ3v) is 2.14. The van der Waals surface area contributed by atoms with Gasteiger partial charge in [-0.05, 0) is 17.9 Å². The second-order valence-corrected chi connectivity index (χ2v) is 5.18. The Hall–Kier alpha value is -0.800. The first kappa shape index (κ1) is 12.3. The van der Waals surface area contributed by atoms with Gasteiger partial charge in [0.15, 0.2) is 0 Å². The Morgan fingerprint density at radius 1 is 1.47 bits per heavy atom. The summed E-state index contributed by atoms with van der Waals surface area (Å²) in [6.07, 6.45) is 3.90. The van der Waals surface area contributed by atoms with E-state index in [0.29, 0.717) is 6.54 Å². The van der Waals surface area contributed by atoms with E-state index in [2.05, 4.69) is 26.1 Å². The molecule has 0 bridgehead atoms. The lowest BCUT2D eigenvalue weighted by molar-refractivity contribution is 0.119. The predicted molar refractivity (Wildman–Crippen MR) is 60.5 cm³/mol. The SMILES string of the molecule is CC(C)(C)CC(O)CNCc1ccoc1. The van der Waals surface area contributed by atoms with Crippen LogP contribution in [0.5, 0.6) is 0 Å². The molecule has 1 heterocycles. The molecule has 0 aliphatic heterocycles. The van der Waals surface area contributed by atoms with Crippen LogP contribution in [-0.2, 0) is 6.54 Å². The van der Waals surface area contributed by atoms with Crippen molar-refractivity contribution in [3.63, 3.8) is 0 Å². The summed E-state index contributed by atoms with van der Waals surface area (Å²) < 4.78 is 4.95. The Morgan fingerprint density at radius 2 is 2.20 bits per heavy atom. The topological polar surface area (TPSA) is 45.4 Å². The van der Waals surface area contributed by atoms with Crippen LogP contribution >= 0.6 is 0 Å². The summed E-state index contributed by atoms with van der Waals surface area (Å²) in [5.41, 5.74) is 1.29. The largest absolute Gasteiger partial charge is 0.472 e. The summed E-state index contributed by atoms with van der Waals surface area (Å²) in [7, 11) is 0. The second-order valence-electron chi connectivity index (χ2n) is 5.18. The minimum absolute atomic E-state index is 0.177. The maximum Gasteiger partial charge on any atom is 0.0947 e. The summed E-state index contributed by atoms with van der Waals surface area (Å²) in [6.45, 7) is 7.77. The van der Waals surface area contributed by atoms with Gasteiger partial charge >= 0.3 is 0 Å². The van der Waals surface area contributed by atoms with Gasteiger partial charge in [-0.3, -0.25) is 0 Å². The number of furan rings is 1. The lowest BCUT2D eigenvalue weighted by Gasteiger charge is -2.22. The third-order valence-electron chi connectivity index (χ3n) is 2.14. The molecule has 0 saturated heterocycles. The molecule has 0 aliphatic rings. The zero-order valence-corrected chi connectivity index (χ0v) is 9.79. The van der Waals surface area contributed by atoms with E-state index in [1.54, 1.807) is 12.5 Å². The lowest BCUT2D eigenvalue weighted by Crippen LogP contribution is -2.29. The molecule has 1 aromatic heterocycles. The highest BCUT2D eigenvalue weighted by Crippen LogP contribution is 2.20. The van der Waals surface area contributed by atoms with E-state index >= 15 is 0 Å². The van der Waals surface area contributed by atoms with Crippen molar-refractivity contribution in [2.24, 2.45) is 5.41 Å². The van der Waals surface area contributed by atoms with Crippen LogP contribution in [0.1, 0.15) is 32.8 Å². The van der Waals surface area contributed by atoms with Crippen molar-refractivity contribution < 1.29 is 9.52 Å². The van der Waals surface area contributed by atoms with Crippen LogP contribution in [0.15, 0.2) is 23.0 Å². The van der Waals surface area contributed by atoms with Crippen LogP contribution in [0, 0.1) is 5.41 Å². The molecule has 0 amide bonds. The molecule has 3 nitrogen and oxygen atoms in total. The molecule has 1 atom stereocenters. The van der Waals surface area contributed by atoms with Gasteiger partial charge in [-0.15, -0.1) is 0 Å². The standard InChI is InChI=1S/C12H21NO2/c1-12(2,3)6-11(14)8-13-7-10-4-5-15-9-10/h4-5,9,11,13-14H,6-8H2,1-3H3. The maximum absolute atomic E-state index is 9.73. The van der Waals surface area contributed by atoms with E-state index in [0.717, 1.165) is 18.5 Å². The van der Waals surface area contributed by atoms with Crippen molar-refractivity contribution in [3.8, 4) is 0 Å². The highest BCUT2D eigenvalue weighted by atomic mass is 16.3. The number of nitrogens with one attached hydrogen (secondary N) is 1. The van der Waals surface area contributed by atoms with Gasteiger partial charge in [0.1, 0.15) is 0 Å². The average molecular weight is 211 g/mol. The second kappa shape index (κ2) is 5.33. The fourth-order valence-corrected chi connectivity index (χ4v) is 1.56. The summed E-state index contributed by atoms with van der Waals surface area (Å²) in [6, 6.07) is 1.92. The van der Waals surface area contributed by atoms with E-state index in [4.69, 9.17) is 4.42 Å². The van der Waals surface area contributed by atoms with Gasteiger partial charge in [-0.1, -0.05) is 20.8 Å². The number of hydrogen-bond donors (Lipinski definition) is 2. The first-order chi connectivity index (χ1) is 6.97. The molecule has 1 aromatic rings. The summed E-state index contributed by atoms with van der Waals surface area (Å²) >= 11 is 0. The van der Waals surface area contributed by atoms with Crippen LogP contribution in [0.2, 0.25) is 0 Å². The number of aliphatic hydroxyl groups excluding tert-OH is 1. The summed E-state index contributed by atoms with van der Waals surface area (Å²) in [5.74, 6) is 0. The van der Waals surface area contributed by atoms with Crippen molar-refractivity contribution in [3.05, 3.63) is 24.2 Å². The fourth-order valence-electron chi connectivity index (χ4n) is 1.56. The van der Waals surface area contributed by atoms with Gasteiger partial charge in [0.2, 0.25) is 0 Å². The number of rotatable bonds is 5. The highest BCUT2D eigenvalue weighted by molar-refractivity contribution is 5.04. The monoisotopic (exact) mass is 211 g/mol. The normalized spacial score (nSPS) is 14.1. The fraction of sp³-hybridized carbons (Fsp3) is 0.667. The van der Waals surface area contributed by atoms with Crippen LogP contribution in [-0.4, -0.2) is 17.8 Å². The molecule has 1 rings (SSSR count). The quantitative estimate of drug-likeness (QED) is 0.784. The van der Waals surface area contributed by atoms with Crippen LogP contribution in [0.4, 0.5) is 0 Å². The van der Waals surface area contributed by atoms with Crippen molar-refractivity contribution >= 4 is 0 Å². The Kier molecular flexibility index (Phi) is 4.36. The highest BCUT2D eigenvalue weighted by Gasteiger charge is 2.15. The van der Waals surface area contributed by atoms with E-state index in [1.165, 1.54) is 0 Å². The first-order valence-electron chi connectivity index (χ1n) is 5.37. The molecule has 0 aromatic carbocycles. The van der Waals surface area contributed by atoms with E-state index < -0.39 is 0 Å². The van der Waals surface area contributed by atoms with Crippen molar-refractivity contribution in [2.75, 3.05) is 6.54 Å². The zero-order valence-electron chi connectivity index (χ0n) is 9.79. The summed E-state index contributed by atoms with van der Waals surface area (Å²) in [4.78, 5) is 0. The average Bonchev–Trinajstić information content (AvgIpc) is 2.53. The molecule has 86 valence electrons. The van der Waals surface area contributed by atoms with Crippen molar-refractivity contribution in [1.29, 1.82) is 0 Å². The molecule has 15 heavy (non-hydrogen) atoms. The third kappa shape index (κ3) is 5.60. The predicted octanol–water partition coefficient (Wildman–Crippen LogP) is 2.17. The van der Waals surface area contributed by atoms with E-state index in [1.807, 2.05) is 6.07 Å². The zero-order chi connectivity index (χ0) is 11.3. The molecular weight excluding hydrogens is 190 g/mol. The molecule has 0 saturated carbocycles. The smallest absolute Gasteiger partial charge is 0.0947 e. The van der Waals surface area contributed by atoms with Gasteiger partial charge in [0.25, 0.3) is 0 Å². The number of hydrogen-bond acceptors (Lipinski definition) is 3. The molecule has 0 fully saturated rings.